The minimum Gasteiger partial charge on any atom is -0.462 e. The van der Waals surface area contributed by atoms with Gasteiger partial charge in [-0.15, -0.1) is 35.3 Å². The summed E-state index contributed by atoms with van der Waals surface area (Å²) in [5.74, 6) is 0.409. The van der Waals surface area contributed by atoms with Crippen LogP contribution in [-0.2, 0) is 14.6 Å². The van der Waals surface area contributed by atoms with Crippen LogP contribution in [0, 0.1) is 12.3 Å². The Labute approximate surface area is 187 Å². The summed E-state index contributed by atoms with van der Waals surface area (Å²) in [5.41, 5.74) is 0.457. The number of hydrogen-bond donors (Lipinski definition) is 2. The van der Waals surface area contributed by atoms with Crippen molar-refractivity contribution in [3.63, 3.8) is 0 Å². The van der Waals surface area contributed by atoms with Crippen LogP contribution in [0.15, 0.2) is 4.99 Å². The molecule has 1 saturated carbocycles. The number of thiazole rings is 1. The highest BCUT2D eigenvalue weighted by molar-refractivity contribution is 14.0. The summed E-state index contributed by atoms with van der Waals surface area (Å²) in [6.45, 7) is 6.37. The van der Waals surface area contributed by atoms with Crippen LogP contribution >= 0.6 is 35.3 Å². The quantitative estimate of drug-likeness (QED) is 0.224. The Hall–Kier alpha value is -0.950. The van der Waals surface area contributed by atoms with Crippen molar-refractivity contribution in [2.45, 2.75) is 39.7 Å². The first-order valence-electron chi connectivity index (χ1n) is 8.88. The fourth-order valence-corrected chi connectivity index (χ4v) is 5.29. The number of ether oxygens (including phenoxy) is 1. The summed E-state index contributed by atoms with van der Waals surface area (Å²) in [7, 11) is -1.35. The van der Waals surface area contributed by atoms with E-state index >= 15 is 0 Å². The Kier molecular flexibility index (Phi) is 9.13. The highest BCUT2D eigenvalue weighted by atomic mass is 127. The molecule has 2 rings (SSSR count). The maximum absolute atomic E-state index is 12.0. The molecule has 0 aromatic carbocycles. The summed E-state index contributed by atoms with van der Waals surface area (Å²) < 4.78 is 28.2. The number of nitrogens with zero attached hydrogens (tertiary/aromatic N) is 2. The number of nitrogens with one attached hydrogen (secondary N) is 2. The van der Waals surface area contributed by atoms with Gasteiger partial charge in [-0.05, 0) is 33.6 Å². The molecule has 1 heterocycles. The lowest BCUT2D eigenvalue weighted by Gasteiger charge is -2.20. The molecule has 0 radical (unpaired) electrons. The Bertz CT molecular complexity index is 819. The van der Waals surface area contributed by atoms with E-state index in [4.69, 9.17) is 4.74 Å². The van der Waals surface area contributed by atoms with E-state index < -0.39 is 9.84 Å². The lowest BCUT2D eigenvalue weighted by atomic mass is 10.1. The number of carbonyl (C=O) groups is 1. The molecule has 1 aromatic rings. The molecule has 1 atom stereocenters. The van der Waals surface area contributed by atoms with Gasteiger partial charge in [-0.2, -0.15) is 0 Å². The third kappa shape index (κ3) is 7.14. The summed E-state index contributed by atoms with van der Waals surface area (Å²) in [5, 5.41) is 7.22. The molecule has 8 nitrogen and oxygen atoms in total. The van der Waals surface area contributed by atoms with E-state index in [0.29, 0.717) is 29.7 Å². The molecule has 0 saturated heterocycles. The average Bonchev–Trinajstić information content (AvgIpc) is 3.20. The minimum absolute atomic E-state index is 0. The standard InChI is InChI=1S/C17H28N4O4S2.HI/c1-6-25-15(22)13-11(2)20-14(26-13)12(3)21-16(18-4)19-9-17(7-8-17)10-27(5,23)24;/h12H,6-10H2,1-5H3,(H2,18,19,21);1H. The minimum atomic E-state index is -3.01. The molecular formula is C17H29IN4O4S2. The van der Waals surface area contributed by atoms with Crippen LogP contribution in [0.3, 0.4) is 0 Å². The van der Waals surface area contributed by atoms with Crippen molar-refractivity contribution in [2.75, 3.05) is 32.2 Å². The fraction of sp³-hybridized carbons (Fsp3) is 0.706. The number of halogens is 1. The van der Waals surface area contributed by atoms with Gasteiger partial charge in [-0.3, -0.25) is 4.99 Å². The number of sulfone groups is 1. The van der Waals surface area contributed by atoms with Gasteiger partial charge in [0.05, 0.1) is 24.1 Å². The largest absolute Gasteiger partial charge is 0.462 e. The number of hydrogen-bond acceptors (Lipinski definition) is 7. The molecule has 1 aliphatic carbocycles. The van der Waals surface area contributed by atoms with Gasteiger partial charge < -0.3 is 15.4 Å². The normalized spacial score (nSPS) is 16.7. The molecule has 1 aliphatic rings. The molecule has 28 heavy (non-hydrogen) atoms. The molecular weight excluding hydrogens is 515 g/mol. The second-order valence-electron chi connectivity index (χ2n) is 7.05. The van der Waals surface area contributed by atoms with E-state index in [0.717, 1.165) is 17.8 Å². The number of carbonyl (C=O) groups excluding carboxylic acids is 1. The van der Waals surface area contributed by atoms with Crippen LogP contribution in [0.1, 0.15) is 53.1 Å². The van der Waals surface area contributed by atoms with Crippen LogP contribution in [0.25, 0.3) is 0 Å². The van der Waals surface area contributed by atoms with Crippen LogP contribution in [0.5, 0.6) is 0 Å². The molecule has 160 valence electrons. The Balaban J connectivity index is 0.00000392. The first-order chi connectivity index (χ1) is 12.6. The number of guanidine groups is 1. The predicted molar refractivity (Wildman–Crippen MR) is 123 cm³/mol. The van der Waals surface area contributed by atoms with Crippen molar-refractivity contribution in [3.8, 4) is 0 Å². The maximum Gasteiger partial charge on any atom is 0.350 e. The SMILES string of the molecule is CCOC(=O)c1sc(C(C)NC(=NC)NCC2(CS(C)(=O)=O)CC2)nc1C.I. The van der Waals surface area contributed by atoms with Crippen LogP contribution in [0.4, 0.5) is 0 Å². The molecule has 0 spiro atoms. The predicted octanol–water partition coefficient (Wildman–Crippen LogP) is 2.30. The number of aromatic nitrogens is 1. The smallest absolute Gasteiger partial charge is 0.350 e. The van der Waals surface area contributed by atoms with Crippen molar-refractivity contribution < 1.29 is 17.9 Å². The van der Waals surface area contributed by atoms with Crippen LogP contribution in [0.2, 0.25) is 0 Å². The zero-order valence-electron chi connectivity index (χ0n) is 16.9. The Morgan fingerprint density at radius 2 is 2.07 bits per heavy atom. The third-order valence-corrected chi connectivity index (χ3v) is 6.83. The topological polar surface area (TPSA) is 110 Å². The monoisotopic (exact) mass is 544 g/mol. The van der Waals surface area contributed by atoms with Gasteiger partial charge in [-0.1, -0.05) is 0 Å². The fourth-order valence-electron chi connectivity index (χ4n) is 2.83. The molecule has 1 fully saturated rings. The van der Waals surface area contributed by atoms with Gasteiger partial charge in [0, 0.05) is 25.3 Å². The van der Waals surface area contributed by atoms with Gasteiger partial charge in [0.15, 0.2) is 5.96 Å². The average molecular weight is 544 g/mol. The van der Waals surface area contributed by atoms with Crippen molar-refractivity contribution in [1.29, 1.82) is 0 Å². The number of aliphatic imine (C=N–C) groups is 1. The lowest BCUT2D eigenvalue weighted by molar-refractivity contribution is 0.0531. The summed E-state index contributed by atoms with van der Waals surface area (Å²) in [6, 6.07) is -0.159. The lowest BCUT2D eigenvalue weighted by Crippen LogP contribution is -2.42. The highest BCUT2D eigenvalue weighted by Gasteiger charge is 2.45. The van der Waals surface area contributed by atoms with E-state index in [9.17, 15) is 13.2 Å². The van der Waals surface area contributed by atoms with Crippen LogP contribution < -0.4 is 10.6 Å². The Morgan fingerprint density at radius 3 is 2.57 bits per heavy atom. The van der Waals surface area contributed by atoms with Gasteiger partial charge in [0.25, 0.3) is 0 Å². The van der Waals surface area contributed by atoms with Crippen LogP contribution in [-0.4, -0.2) is 57.5 Å². The first-order valence-corrected chi connectivity index (χ1v) is 11.8. The highest BCUT2D eigenvalue weighted by Crippen LogP contribution is 2.46. The summed E-state index contributed by atoms with van der Waals surface area (Å²) >= 11 is 1.30. The van der Waals surface area contributed by atoms with Crippen molar-refractivity contribution in [3.05, 3.63) is 15.6 Å². The molecule has 1 unspecified atom stereocenters. The van der Waals surface area contributed by atoms with E-state index in [1.165, 1.54) is 17.6 Å². The van der Waals surface area contributed by atoms with Gasteiger partial charge in [0.2, 0.25) is 0 Å². The van der Waals surface area contributed by atoms with Crippen molar-refractivity contribution in [2.24, 2.45) is 10.4 Å². The first kappa shape index (κ1) is 25.1. The number of aryl methyl sites for hydroxylation is 1. The second-order valence-corrected chi connectivity index (χ2v) is 10.2. The van der Waals surface area contributed by atoms with E-state index in [1.807, 2.05) is 6.92 Å². The zero-order valence-corrected chi connectivity index (χ0v) is 20.8. The zero-order chi connectivity index (χ0) is 20.2. The maximum atomic E-state index is 12.0. The molecule has 2 N–H and O–H groups in total. The molecule has 11 heteroatoms. The summed E-state index contributed by atoms with van der Waals surface area (Å²) in [4.78, 5) is 21.1. The Morgan fingerprint density at radius 1 is 1.43 bits per heavy atom. The number of rotatable bonds is 8. The van der Waals surface area contributed by atoms with Gasteiger partial charge >= 0.3 is 5.97 Å². The second kappa shape index (κ2) is 10.2. The molecule has 1 aromatic heterocycles. The third-order valence-electron chi connectivity index (χ3n) is 4.38. The molecule has 0 amide bonds. The number of esters is 1. The van der Waals surface area contributed by atoms with E-state index in [-0.39, 0.29) is 47.2 Å². The van der Waals surface area contributed by atoms with Crippen molar-refractivity contribution >= 4 is 57.1 Å². The van der Waals surface area contributed by atoms with E-state index in [2.05, 4.69) is 20.6 Å². The van der Waals surface area contributed by atoms with Gasteiger partial charge in [-0.25, -0.2) is 18.2 Å². The molecule has 0 bridgehead atoms. The van der Waals surface area contributed by atoms with Gasteiger partial charge in [0.1, 0.15) is 19.7 Å². The van der Waals surface area contributed by atoms with Crippen molar-refractivity contribution in [1.82, 2.24) is 15.6 Å². The molecule has 0 aliphatic heterocycles. The summed E-state index contributed by atoms with van der Waals surface area (Å²) in [6.07, 6.45) is 3.07. The van der Waals surface area contributed by atoms with E-state index in [1.54, 1.807) is 20.9 Å².